The van der Waals surface area contributed by atoms with Crippen LogP contribution < -0.4 is 11.1 Å². The summed E-state index contributed by atoms with van der Waals surface area (Å²) in [6.45, 7) is 3.69. The topological polar surface area (TPSA) is 82.2 Å². The van der Waals surface area contributed by atoms with Gasteiger partial charge in [0, 0.05) is 26.4 Å². The van der Waals surface area contributed by atoms with Crippen LogP contribution in [-0.4, -0.2) is 41.8 Å². The Bertz CT molecular complexity index is 351. The summed E-state index contributed by atoms with van der Waals surface area (Å²) in [7, 11) is 1.62. The summed E-state index contributed by atoms with van der Waals surface area (Å²) >= 11 is 0. The van der Waals surface area contributed by atoms with E-state index >= 15 is 0 Å². The lowest BCUT2D eigenvalue weighted by Crippen LogP contribution is -2.37. The Hall–Kier alpha value is -1.40. The van der Waals surface area contributed by atoms with E-state index in [9.17, 15) is 4.79 Å². The van der Waals surface area contributed by atoms with Gasteiger partial charge in [0.25, 0.3) is 5.91 Å². The number of ether oxygens (including phenoxy) is 1. The van der Waals surface area contributed by atoms with Crippen molar-refractivity contribution in [2.75, 3.05) is 20.3 Å². The molecule has 0 spiro atoms. The van der Waals surface area contributed by atoms with E-state index in [0.717, 1.165) is 6.42 Å². The molecule has 1 atom stereocenters. The van der Waals surface area contributed by atoms with Crippen molar-refractivity contribution in [3.63, 3.8) is 0 Å². The summed E-state index contributed by atoms with van der Waals surface area (Å²) in [5.41, 5.74) is 5.83. The smallest absolute Gasteiger partial charge is 0.271 e. The van der Waals surface area contributed by atoms with Gasteiger partial charge in [0.15, 0.2) is 0 Å². The van der Waals surface area contributed by atoms with E-state index < -0.39 is 0 Å². The van der Waals surface area contributed by atoms with Gasteiger partial charge in [-0.2, -0.15) is 0 Å². The molecule has 3 N–H and O–H groups in total. The highest BCUT2D eigenvalue weighted by Crippen LogP contribution is 1.99. The Morgan fingerprint density at radius 1 is 1.71 bits per heavy atom. The van der Waals surface area contributed by atoms with E-state index in [0.29, 0.717) is 25.4 Å². The predicted molar refractivity (Wildman–Crippen MR) is 64.7 cm³/mol. The van der Waals surface area contributed by atoms with Crippen LogP contribution in [0.5, 0.6) is 0 Å². The number of aromatic nitrogens is 2. The summed E-state index contributed by atoms with van der Waals surface area (Å²) in [4.78, 5) is 15.9. The van der Waals surface area contributed by atoms with Crippen LogP contribution >= 0.6 is 0 Å². The second kappa shape index (κ2) is 7.03. The molecular weight excluding hydrogens is 220 g/mol. The average molecular weight is 240 g/mol. The number of hydrogen-bond acceptors (Lipinski definition) is 4. The molecule has 0 aromatic carbocycles. The SMILES string of the molecule is CCC(COC)NC(=O)c1cn(CCN)cn1. The molecule has 96 valence electrons. The molecule has 17 heavy (non-hydrogen) atoms. The van der Waals surface area contributed by atoms with Gasteiger partial charge in [-0.05, 0) is 6.42 Å². The van der Waals surface area contributed by atoms with Crippen LogP contribution in [-0.2, 0) is 11.3 Å². The Kier molecular flexibility index (Phi) is 5.65. The molecule has 0 fully saturated rings. The van der Waals surface area contributed by atoms with Crippen LogP contribution in [0.2, 0.25) is 0 Å². The molecule has 0 aliphatic heterocycles. The summed E-state index contributed by atoms with van der Waals surface area (Å²) in [5.74, 6) is -0.176. The number of amides is 1. The van der Waals surface area contributed by atoms with E-state index in [2.05, 4.69) is 10.3 Å². The molecule has 1 amide bonds. The van der Waals surface area contributed by atoms with Crippen molar-refractivity contribution >= 4 is 5.91 Å². The Labute approximate surface area is 101 Å². The minimum Gasteiger partial charge on any atom is -0.383 e. The van der Waals surface area contributed by atoms with Gasteiger partial charge < -0.3 is 20.4 Å². The third-order valence-electron chi connectivity index (χ3n) is 2.45. The van der Waals surface area contributed by atoms with Crippen molar-refractivity contribution in [1.82, 2.24) is 14.9 Å². The summed E-state index contributed by atoms with van der Waals surface area (Å²) in [6, 6.07) is 0.0205. The molecule has 0 radical (unpaired) electrons. The van der Waals surface area contributed by atoms with E-state index in [-0.39, 0.29) is 11.9 Å². The zero-order valence-corrected chi connectivity index (χ0v) is 10.3. The number of nitrogens with one attached hydrogen (secondary N) is 1. The molecule has 1 heterocycles. The van der Waals surface area contributed by atoms with Gasteiger partial charge in [-0.1, -0.05) is 6.92 Å². The summed E-state index contributed by atoms with van der Waals surface area (Å²) in [5, 5.41) is 2.87. The van der Waals surface area contributed by atoms with Crippen LogP contribution in [0.25, 0.3) is 0 Å². The highest BCUT2D eigenvalue weighted by Gasteiger charge is 2.13. The summed E-state index contributed by atoms with van der Waals surface area (Å²) in [6.07, 6.45) is 4.13. The Morgan fingerprint density at radius 3 is 3.06 bits per heavy atom. The fourth-order valence-electron chi connectivity index (χ4n) is 1.47. The minimum absolute atomic E-state index is 0.0205. The zero-order valence-electron chi connectivity index (χ0n) is 10.3. The molecule has 1 aromatic heterocycles. The first-order valence-electron chi connectivity index (χ1n) is 5.72. The first-order valence-corrected chi connectivity index (χ1v) is 5.72. The van der Waals surface area contributed by atoms with Crippen LogP contribution in [0.15, 0.2) is 12.5 Å². The third kappa shape index (κ3) is 4.16. The molecule has 0 aliphatic rings. The lowest BCUT2D eigenvalue weighted by atomic mass is 10.2. The van der Waals surface area contributed by atoms with Crippen molar-refractivity contribution in [1.29, 1.82) is 0 Å². The number of carbonyl (C=O) groups excluding carboxylic acids is 1. The number of rotatable bonds is 7. The number of imidazole rings is 1. The van der Waals surface area contributed by atoms with Crippen LogP contribution in [0, 0.1) is 0 Å². The van der Waals surface area contributed by atoms with Gasteiger partial charge in [-0.15, -0.1) is 0 Å². The van der Waals surface area contributed by atoms with E-state index in [1.807, 2.05) is 6.92 Å². The molecule has 0 saturated carbocycles. The second-order valence-corrected chi connectivity index (χ2v) is 3.82. The maximum atomic E-state index is 11.8. The molecular formula is C11H20N4O2. The Morgan fingerprint density at radius 2 is 2.47 bits per heavy atom. The van der Waals surface area contributed by atoms with Gasteiger partial charge in [0.2, 0.25) is 0 Å². The van der Waals surface area contributed by atoms with E-state index in [1.165, 1.54) is 0 Å². The molecule has 1 unspecified atom stereocenters. The second-order valence-electron chi connectivity index (χ2n) is 3.82. The standard InChI is InChI=1S/C11H20N4O2/c1-3-9(7-17-2)14-11(16)10-6-15(5-4-12)8-13-10/h6,8-9H,3-5,7,12H2,1-2H3,(H,14,16). The highest BCUT2D eigenvalue weighted by atomic mass is 16.5. The molecule has 0 bridgehead atoms. The molecule has 0 aliphatic carbocycles. The fourth-order valence-corrected chi connectivity index (χ4v) is 1.47. The van der Waals surface area contributed by atoms with Gasteiger partial charge in [0.05, 0.1) is 19.0 Å². The van der Waals surface area contributed by atoms with Crippen molar-refractivity contribution in [3.8, 4) is 0 Å². The number of hydrogen-bond donors (Lipinski definition) is 2. The number of nitrogens with zero attached hydrogens (tertiary/aromatic N) is 2. The fraction of sp³-hybridized carbons (Fsp3) is 0.636. The number of carbonyl (C=O) groups is 1. The van der Waals surface area contributed by atoms with Gasteiger partial charge >= 0.3 is 0 Å². The first kappa shape index (κ1) is 13.7. The molecule has 6 heteroatoms. The van der Waals surface area contributed by atoms with Gasteiger partial charge in [-0.3, -0.25) is 4.79 Å². The minimum atomic E-state index is -0.176. The van der Waals surface area contributed by atoms with Crippen molar-refractivity contribution in [3.05, 3.63) is 18.2 Å². The molecule has 6 nitrogen and oxygen atoms in total. The lowest BCUT2D eigenvalue weighted by molar-refractivity contribution is 0.0890. The summed E-state index contributed by atoms with van der Waals surface area (Å²) < 4.78 is 6.82. The lowest BCUT2D eigenvalue weighted by Gasteiger charge is -2.14. The van der Waals surface area contributed by atoms with Crippen LogP contribution in [0.4, 0.5) is 0 Å². The van der Waals surface area contributed by atoms with E-state index in [1.54, 1.807) is 24.2 Å². The normalized spacial score (nSPS) is 12.4. The number of nitrogens with two attached hydrogens (primary N) is 1. The Balaban J connectivity index is 2.55. The van der Waals surface area contributed by atoms with E-state index in [4.69, 9.17) is 10.5 Å². The zero-order chi connectivity index (χ0) is 12.7. The monoisotopic (exact) mass is 240 g/mol. The van der Waals surface area contributed by atoms with Gasteiger partial charge in [0.1, 0.15) is 5.69 Å². The van der Waals surface area contributed by atoms with Crippen molar-refractivity contribution in [2.45, 2.75) is 25.9 Å². The number of methoxy groups -OCH3 is 1. The molecule has 1 rings (SSSR count). The molecule has 0 saturated heterocycles. The maximum absolute atomic E-state index is 11.8. The van der Waals surface area contributed by atoms with Crippen molar-refractivity contribution < 1.29 is 9.53 Å². The van der Waals surface area contributed by atoms with Crippen LogP contribution in [0.3, 0.4) is 0 Å². The van der Waals surface area contributed by atoms with Crippen molar-refractivity contribution in [2.24, 2.45) is 5.73 Å². The third-order valence-corrected chi connectivity index (χ3v) is 2.45. The maximum Gasteiger partial charge on any atom is 0.271 e. The average Bonchev–Trinajstić information content (AvgIpc) is 2.77. The van der Waals surface area contributed by atoms with Gasteiger partial charge in [-0.25, -0.2) is 4.98 Å². The van der Waals surface area contributed by atoms with Crippen LogP contribution in [0.1, 0.15) is 23.8 Å². The predicted octanol–water partition coefficient (Wildman–Crippen LogP) is -0.00340. The molecule has 1 aromatic rings. The first-order chi connectivity index (χ1) is 8.21. The highest BCUT2D eigenvalue weighted by molar-refractivity contribution is 5.92. The quantitative estimate of drug-likeness (QED) is 0.702. The largest absolute Gasteiger partial charge is 0.383 e.